The second-order valence-electron chi connectivity index (χ2n) is 6.53. The zero-order chi connectivity index (χ0) is 13.2. The maximum atomic E-state index is 6.00. The summed E-state index contributed by atoms with van der Waals surface area (Å²) in [6.07, 6.45) is 6.06. The predicted octanol–water partition coefficient (Wildman–Crippen LogP) is 4.30. The molecule has 0 radical (unpaired) electrons. The SMILES string of the molecule is CC1=C(C)C(C)(C)CC1C1OCCCCCCO1. The minimum atomic E-state index is -0.0141. The Labute approximate surface area is 112 Å². The molecular formula is C16H28O2. The quantitative estimate of drug-likeness (QED) is 0.648. The van der Waals surface area contributed by atoms with Crippen molar-refractivity contribution in [3.63, 3.8) is 0 Å². The Morgan fingerprint density at radius 1 is 0.944 bits per heavy atom. The Bertz CT molecular complexity index is 307. The van der Waals surface area contributed by atoms with Crippen LogP contribution in [0.4, 0.5) is 0 Å². The number of hydrogen-bond donors (Lipinski definition) is 0. The molecule has 0 spiro atoms. The molecule has 104 valence electrons. The van der Waals surface area contributed by atoms with Gasteiger partial charge in [0.15, 0.2) is 6.29 Å². The molecule has 1 atom stereocenters. The van der Waals surface area contributed by atoms with Crippen molar-refractivity contribution in [2.45, 2.75) is 66.1 Å². The molecule has 2 aliphatic rings. The molecule has 1 aliphatic carbocycles. The molecule has 1 saturated heterocycles. The van der Waals surface area contributed by atoms with E-state index in [4.69, 9.17) is 9.47 Å². The first-order valence-electron chi connectivity index (χ1n) is 7.43. The maximum Gasteiger partial charge on any atom is 0.164 e. The lowest BCUT2D eigenvalue weighted by atomic mass is 9.85. The Morgan fingerprint density at radius 2 is 1.50 bits per heavy atom. The van der Waals surface area contributed by atoms with Gasteiger partial charge < -0.3 is 9.47 Å². The molecule has 0 aromatic rings. The normalized spacial score (nSPS) is 31.0. The minimum absolute atomic E-state index is 0.0141. The van der Waals surface area contributed by atoms with Crippen molar-refractivity contribution in [1.82, 2.24) is 0 Å². The Morgan fingerprint density at radius 3 is 1.94 bits per heavy atom. The first kappa shape index (κ1) is 14.1. The van der Waals surface area contributed by atoms with Crippen LogP contribution in [-0.4, -0.2) is 19.5 Å². The average Bonchev–Trinajstić information content (AvgIpc) is 2.62. The van der Waals surface area contributed by atoms with Crippen LogP contribution in [-0.2, 0) is 9.47 Å². The van der Waals surface area contributed by atoms with E-state index in [1.54, 1.807) is 0 Å². The average molecular weight is 252 g/mol. The number of allylic oxidation sites excluding steroid dienone is 1. The molecule has 18 heavy (non-hydrogen) atoms. The third kappa shape index (κ3) is 2.97. The van der Waals surface area contributed by atoms with Gasteiger partial charge in [-0.05, 0) is 38.5 Å². The summed E-state index contributed by atoms with van der Waals surface area (Å²) in [5, 5.41) is 0. The lowest BCUT2D eigenvalue weighted by molar-refractivity contribution is -0.165. The van der Waals surface area contributed by atoms with Crippen molar-refractivity contribution in [1.29, 1.82) is 0 Å². The predicted molar refractivity (Wildman–Crippen MR) is 74.4 cm³/mol. The fraction of sp³-hybridized carbons (Fsp3) is 0.875. The van der Waals surface area contributed by atoms with Gasteiger partial charge in [-0.3, -0.25) is 0 Å². The van der Waals surface area contributed by atoms with Gasteiger partial charge in [0.2, 0.25) is 0 Å². The molecule has 0 saturated carbocycles. The Hall–Kier alpha value is -0.340. The zero-order valence-electron chi connectivity index (χ0n) is 12.4. The van der Waals surface area contributed by atoms with Crippen LogP contribution in [0.25, 0.3) is 0 Å². The van der Waals surface area contributed by atoms with E-state index < -0.39 is 0 Å². The van der Waals surface area contributed by atoms with E-state index in [9.17, 15) is 0 Å². The summed E-state index contributed by atoms with van der Waals surface area (Å²) in [7, 11) is 0. The summed E-state index contributed by atoms with van der Waals surface area (Å²) >= 11 is 0. The molecule has 1 aliphatic heterocycles. The van der Waals surface area contributed by atoms with E-state index in [2.05, 4.69) is 27.7 Å². The largest absolute Gasteiger partial charge is 0.352 e. The van der Waals surface area contributed by atoms with E-state index >= 15 is 0 Å². The number of rotatable bonds is 1. The van der Waals surface area contributed by atoms with E-state index in [-0.39, 0.29) is 6.29 Å². The van der Waals surface area contributed by atoms with Gasteiger partial charge in [0.05, 0.1) is 0 Å². The second-order valence-corrected chi connectivity index (χ2v) is 6.53. The van der Waals surface area contributed by atoms with Crippen molar-refractivity contribution < 1.29 is 9.47 Å². The molecular weight excluding hydrogens is 224 g/mol. The van der Waals surface area contributed by atoms with E-state index in [1.165, 1.54) is 36.8 Å². The highest BCUT2D eigenvalue weighted by molar-refractivity contribution is 5.26. The van der Waals surface area contributed by atoms with Crippen LogP contribution >= 0.6 is 0 Å². The molecule has 0 aromatic heterocycles. The van der Waals surface area contributed by atoms with Gasteiger partial charge in [-0.25, -0.2) is 0 Å². The van der Waals surface area contributed by atoms with Gasteiger partial charge >= 0.3 is 0 Å². The zero-order valence-corrected chi connectivity index (χ0v) is 12.4. The standard InChI is InChI=1S/C16H28O2/c1-12-13(2)16(3,4)11-14(12)15-17-9-7-5-6-8-10-18-15/h14-15H,5-11H2,1-4H3. The topological polar surface area (TPSA) is 18.5 Å². The summed E-state index contributed by atoms with van der Waals surface area (Å²) in [4.78, 5) is 0. The van der Waals surface area contributed by atoms with E-state index in [0.717, 1.165) is 19.6 Å². The highest BCUT2D eigenvalue weighted by Crippen LogP contribution is 2.47. The van der Waals surface area contributed by atoms with Crippen LogP contribution in [0.15, 0.2) is 11.1 Å². The maximum absolute atomic E-state index is 6.00. The Balaban J connectivity index is 2.06. The summed E-state index contributed by atoms with van der Waals surface area (Å²) in [6, 6.07) is 0. The van der Waals surface area contributed by atoms with E-state index in [0.29, 0.717) is 11.3 Å². The second kappa shape index (κ2) is 5.75. The van der Waals surface area contributed by atoms with Gasteiger partial charge in [0, 0.05) is 19.1 Å². The summed E-state index contributed by atoms with van der Waals surface area (Å²) in [6.45, 7) is 10.9. The van der Waals surface area contributed by atoms with Gasteiger partial charge in [-0.1, -0.05) is 37.8 Å². The van der Waals surface area contributed by atoms with Crippen LogP contribution in [0.1, 0.15) is 59.8 Å². The molecule has 0 bridgehead atoms. The highest BCUT2D eigenvalue weighted by Gasteiger charge is 2.39. The van der Waals surface area contributed by atoms with Crippen LogP contribution < -0.4 is 0 Å². The summed E-state index contributed by atoms with van der Waals surface area (Å²) in [5.74, 6) is 0.457. The van der Waals surface area contributed by atoms with Crippen molar-refractivity contribution in [3.05, 3.63) is 11.1 Å². The fourth-order valence-electron chi connectivity index (χ4n) is 3.21. The van der Waals surface area contributed by atoms with Crippen molar-refractivity contribution >= 4 is 0 Å². The monoisotopic (exact) mass is 252 g/mol. The van der Waals surface area contributed by atoms with Crippen LogP contribution in [0.3, 0.4) is 0 Å². The number of hydrogen-bond acceptors (Lipinski definition) is 2. The minimum Gasteiger partial charge on any atom is -0.352 e. The lowest BCUT2D eigenvalue weighted by Crippen LogP contribution is -2.28. The Kier molecular flexibility index (Phi) is 4.50. The van der Waals surface area contributed by atoms with Crippen molar-refractivity contribution in [2.24, 2.45) is 11.3 Å². The fourth-order valence-corrected chi connectivity index (χ4v) is 3.21. The first-order valence-corrected chi connectivity index (χ1v) is 7.43. The molecule has 1 heterocycles. The van der Waals surface area contributed by atoms with Gasteiger partial charge in [-0.2, -0.15) is 0 Å². The van der Waals surface area contributed by atoms with Crippen molar-refractivity contribution in [2.75, 3.05) is 13.2 Å². The molecule has 1 unspecified atom stereocenters. The van der Waals surface area contributed by atoms with Crippen LogP contribution in [0.2, 0.25) is 0 Å². The molecule has 2 nitrogen and oxygen atoms in total. The van der Waals surface area contributed by atoms with Gasteiger partial charge in [0.1, 0.15) is 0 Å². The van der Waals surface area contributed by atoms with Gasteiger partial charge in [0.25, 0.3) is 0 Å². The first-order chi connectivity index (χ1) is 8.52. The molecule has 0 N–H and O–H groups in total. The lowest BCUT2D eigenvalue weighted by Gasteiger charge is -2.27. The summed E-state index contributed by atoms with van der Waals surface area (Å²) in [5.41, 5.74) is 3.32. The molecule has 2 rings (SSSR count). The van der Waals surface area contributed by atoms with Crippen molar-refractivity contribution in [3.8, 4) is 0 Å². The highest BCUT2D eigenvalue weighted by atomic mass is 16.7. The molecule has 0 aromatic carbocycles. The van der Waals surface area contributed by atoms with Crippen LogP contribution in [0.5, 0.6) is 0 Å². The third-order valence-electron chi connectivity index (χ3n) is 4.82. The third-order valence-corrected chi connectivity index (χ3v) is 4.82. The summed E-state index contributed by atoms with van der Waals surface area (Å²) < 4.78 is 12.0. The molecule has 1 fully saturated rings. The number of ether oxygens (including phenoxy) is 2. The molecule has 2 heteroatoms. The van der Waals surface area contributed by atoms with E-state index in [1.807, 2.05) is 0 Å². The van der Waals surface area contributed by atoms with Crippen LogP contribution in [0, 0.1) is 11.3 Å². The smallest absolute Gasteiger partial charge is 0.164 e. The van der Waals surface area contributed by atoms with Gasteiger partial charge in [-0.15, -0.1) is 0 Å². The molecule has 0 amide bonds.